The first kappa shape index (κ1) is 15.9. The summed E-state index contributed by atoms with van der Waals surface area (Å²) in [7, 11) is 1.75. The van der Waals surface area contributed by atoms with Gasteiger partial charge in [-0.15, -0.1) is 0 Å². The molecule has 2 aromatic rings. The van der Waals surface area contributed by atoms with Crippen LogP contribution in [0.25, 0.3) is 0 Å². The summed E-state index contributed by atoms with van der Waals surface area (Å²) in [5.74, 6) is 0.381. The largest absolute Gasteiger partial charge is 0.384 e. The number of benzene rings is 1. The highest BCUT2D eigenvalue weighted by Gasteiger charge is 2.31. The van der Waals surface area contributed by atoms with Crippen molar-refractivity contribution in [1.82, 2.24) is 10.1 Å². The Hall–Kier alpha value is -1.95. The molecule has 6 heteroatoms. The van der Waals surface area contributed by atoms with Gasteiger partial charge < -0.3 is 14.2 Å². The van der Waals surface area contributed by atoms with Crippen molar-refractivity contribution in [1.29, 1.82) is 0 Å². The zero-order chi connectivity index (χ0) is 16.3. The average Bonchev–Trinajstić information content (AvgIpc) is 2.99. The molecule has 1 aromatic carbocycles. The van der Waals surface area contributed by atoms with Gasteiger partial charge in [-0.2, -0.15) is 4.98 Å². The molecule has 5 nitrogen and oxygen atoms in total. The van der Waals surface area contributed by atoms with Gasteiger partial charge in [-0.1, -0.05) is 24.2 Å². The summed E-state index contributed by atoms with van der Waals surface area (Å²) >= 11 is 0. The summed E-state index contributed by atoms with van der Waals surface area (Å²) in [5, 5.41) is 4.04. The lowest BCUT2D eigenvalue weighted by Crippen LogP contribution is -2.41. The average molecular weight is 319 g/mol. The summed E-state index contributed by atoms with van der Waals surface area (Å²) < 4.78 is 23.6. The number of ether oxygens (including phenoxy) is 1. The number of hydrogen-bond acceptors (Lipinski definition) is 5. The van der Waals surface area contributed by atoms with Crippen LogP contribution in [0.4, 0.5) is 10.4 Å². The maximum absolute atomic E-state index is 12.9. The van der Waals surface area contributed by atoms with Gasteiger partial charge in [0.1, 0.15) is 5.82 Å². The molecule has 0 aliphatic carbocycles. The lowest BCUT2D eigenvalue weighted by molar-refractivity contribution is 0.0722. The molecule has 0 atom stereocenters. The second-order valence-corrected chi connectivity index (χ2v) is 6.53. The van der Waals surface area contributed by atoms with Gasteiger partial charge in [0.25, 0.3) is 0 Å². The molecule has 1 saturated heterocycles. The van der Waals surface area contributed by atoms with Gasteiger partial charge in [-0.3, -0.25) is 0 Å². The van der Waals surface area contributed by atoms with Crippen molar-refractivity contribution in [2.75, 3.05) is 31.7 Å². The van der Waals surface area contributed by atoms with E-state index in [9.17, 15) is 4.39 Å². The first-order chi connectivity index (χ1) is 11.1. The fraction of sp³-hybridized carbons (Fsp3) is 0.529. The Labute approximate surface area is 135 Å². The Morgan fingerprint density at radius 1 is 1.26 bits per heavy atom. The van der Waals surface area contributed by atoms with Gasteiger partial charge in [0.15, 0.2) is 5.82 Å². The third-order valence-electron chi connectivity index (χ3n) is 4.47. The highest BCUT2D eigenvalue weighted by Crippen LogP contribution is 2.32. The molecule has 0 N–H and O–H groups in total. The van der Waals surface area contributed by atoms with Crippen molar-refractivity contribution in [2.24, 2.45) is 5.41 Å². The Morgan fingerprint density at radius 3 is 2.61 bits per heavy atom. The molecule has 1 fully saturated rings. The Balaban J connectivity index is 1.60. The van der Waals surface area contributed by atoms with Crippen molar-refractivity contribution in [3.05, 3.63) is 41.5 Å². The molecule has 0 saturated carbocycles. The number of nitrogens with zero attached hydrogens (tertiary/aromatic N) is 3. The number of anilines is 1. The third kappa shape index (κ3) is 3.88. The van der Waals surface area contributed by atoms with E-state index < -0.39 is 0 Å². The van der Waals surface area contributed by atoms with Crippen LogP contribution in [0, 0.1) is 11.2 Å². The van der Waals surface area contributed by atoms with Crippen LogP contribution < -0.4 is 4.90 Å². The van der Waals surface area contributed by atoms with Crippen molar-refractivity contribution in [2.45, 2.75) is 26.2 Å². The molecule has 0 bridgehead atoms. The van der Waals surface area contributed by atoms with E-state index in [-0.39, 0.29) is 11.2 Å². The van der Waals surface area contributed by atoms with Crippen molar-refractivity contribution in [3.8, 4) is 0 Å². The molecule has 124 valence electrons. The SMILES string of the molecule is COCC1(C)CCN(c2nc(Cc3ccc(F)cc3)no2)CC1. The Morgan fingerprint density at radius 2 is 1.96 bits per heavy atom. The second kappa shape index (κ2) is 6.66. The van der Waals surface area contributed by atoms with Crippen LogP contribution in [0.3, 0.4) is 0 Å². The molecule has 0 spiro atoms. The maximum Gasteiger partial charge on any atom is 0.324 e. The van der Waals surface area contributed by atoms with Crippen molar-refractivity contribution < 1.29 is 13.7 Å². The molecule has 23 heavy (non-hydrogen) atoms. The number of aromatic nitrogens is 2. The van der Waals surface area contributed by atoms with Gasteiger partial charge >= 0.3 is 6.01 Å². The molecule has 0 radical (unpaired) electrons. The monoisotopic (exact) mass is 319 g/mol. The highest BCUT2D eigenvalue weighted by molar-refractivity contribution is 5.28. The van der Waals surface area contributed by atoms with E-state index in [0.717, 1.165) is 38.1 Å². The van der Waals surface area contributed by atoms with Gasteiger partial charge in [0, 0.05) is 26.6 Å². The molecular formula is C17H22FN3O2. The maximum atomic E-state index is 12.9. The van der Waals surface area contributed by atoms with E-state index in [1.165, 1.54) is 12.1 Å². The minimum atomic E-state index is -0.241. The van der Waals surface area contributed by atoms with Gasteiger partial charge in [-0.25, -0.2) is 4.39 Å². The lowest BCUT2D eigenvalue weighted by Gasteiger charge is -2.37. The summed E-state index contributed by atoms with van der Waals surface area (Å²) in [6, 6.07) is 6.93. The van der Waals surface area contributed by atoms with E-state index in [2.05, 4.69) is 22.0 Å². The van der Waals surface area contributed by atoms with E-state index in [4.69, 9.17) is 9.26 Å². The molecule has 2 heterocycles. The van der Waals surface area contributed by atoms with Crippen LogP contribution in [-0.4, -0.2) is 36.9 Å². The second-order valence-electron chi connectivity index (χ2n) is 6.53. The Kier molecular flexibility index (Phi) is 4.61. The number of piperidine rings is 1. The first-order valence-electron chi connectivity index (χ1n) is 7.89. The Bertz CT molecular complexity index is 634. The molecule has 0 unspecified atom stereocenters. The van der Waals surface area contributed by atoms with E-state index in [1.54, 1.807) is 19.2 Å². The van der Waals surface area contributed by atoms with Gasteiger partial charge in [0.05, 0.1) is 6.61 Å². The normalized spacial score (nSPS) is 17.4. The summed E-state index contributed by atoms with van der Waals surface area (Å²) in [4.78, 5) is 6.59. The summed E-state index contributed by atoms with van der Waals surface area (Å²) in [6.07, 6.45) is 2.62. The van der Waals surface area contributed by atoms with E-state index in [0.29, 0.717) is 18.3 Å². The smallest absolute Gasteiger partial charge is 0.324 e. The summed E-state index contributed by atoms with van der Waals surface area (Å²) in [6.45, 7) is 4.80. The number of halogens is 1. The topological polar surface area (TPSA) is 51.4 Å². The molecular weight excluding hydrogens is 297 g/mol. The molecule has 1 aromatic heterocycles. The standard InChI is InChI=1S/C17H22FN3O2/c1-17(12-22-2)7-9-21(10-8-17)16-19-15(20-23-16)11-13-3-5-14(18)6-4-13/h3-6H,7-12H2,1-2H3. The first-order valence-corrected chi connectivity index (χ1v) is 7.89. The number of rotatable bonds is 5. The predicted molar refractivity (Wildman–Crippen MR) is 84.9 cm³/mol. The van der Waals surface area contributed by atoms with Crippen LogP contribution >= 0.6 is 0 Å². The van der Waals surface area contributed by atoms with E-state index >= 15 is 0 Å². The lowest BCUT2D eigenvalue weighted by atomic mass is 9.81. The quantitative estimate of drug-likeness (QED) is 0.848. The third-order valence-corrected chi connectivity index (χ3v) is 4.47. The summed E-state index contributed by atoms with van der Waals surface area (Å²) in [5.41, 5.74) is 1.19. The van der Waals surface area contributed by atoms with Crippen LogP contribution in [0.1, 0.15) is 31.2 Å². The van der Waals surface area contributed by atoms with Crippen molar-refractivity contribution in [3.63, 3.8) is 0 Å². The van der Waals surface area contributed by atoms with Gasteiger partial charge in [-0.05, 0) is 36.0 Å². The van der Waals surface area contributed by atoms with Crippen molar-refractivity contribution >= 4 is 6.01 Å². The minimum absolute atomic E-state index is 0.224. The highest BCUT2D eigenvalue weighted by atomic mass is 19.1. The molecule has 3 rings (SSSR count). The van der Waals surface area contributed by atoms with Crippen LogP contribution in [0.2, 0.25) is 0 Å². The zero-order valence-corrected chi connectivity index (χ0v) is 13.6. The number of hydrogen-bond donors (Lipinski definition) is 0. The molecule has 1 aliphatic heterocycles. The fourth-order valence-corrected chi connectivity index (χ4v) is 2.96. The number of methoxy groups -OCH3 is 1. The minimum Gasteiger partial charge on any atom is -0.384 e. The van der Waals surface area contributed by atoms with Crippen LogP contribution in [0.15, 0.2) is 28.8 Å². The zero-order valence-electron chi connectivity index (χ0n) is 13.6. The fourth-order valence-electron chi connectivity index (χ4n) is 2.96. The van der Waals surface area contributed by atoms with Gasteiger partial charge in [0.2, 0.25) is 0 Å². The molecule has 1 aliphatic rings. The van der Waals surface area contributed by atoms with Crippen LogP contribution in [0.5, 0.6) is 0 Å². The van der Waals surface area contributed by atoms with Crippen LogP contribution in [-0.2, 0) is 11.2 Å². The molecule has 0 amide bonds. The van der Waals surface area contributed by atoms with E-state index in [1.807, 2.05) is 0 Å². The predicted octanol–water partition coefficient (Wildman–Crippen LogP) is 3.05.